The van der Waals surface area contributed by atoms with Crippen LogP contribution in [0.1, 0.15) is 40.6 Å². The Hall–Kier alpha value is -6.00. The Morgan fingerprint density at radius 1 is 0.778 bits per heavy atom. The fourth-order valence-electron chi connectivity index (χ4n) is 7.35. The lowest BCUT2D eigenvalue weighted by Gasteiger charge is -2.20. The van der Waals surface area contributed by atoms with E-state index < -0.39 is 5.97 Å². The average molecular weight is 759 g/mol. The standard InChI is InChI=1S/C20H19N5O2S.C18H15N5O2S/c1-2-27-20(26)12-3-4-15-16(9-12)28-19-17(15)18(21-11-22-19)24-13-6-8-25-14(10-13)5-7-23-25;24-18(25)10-1-2-13-14(7-10)26-17-15(13)16(19-9-20-17)22-11-4-6-23-12(8-11)3-5-21-23/h5-8,10-12H,2-4,9H2,1H3,(H,21,22,24);3-6,8-10H,1-2,7H2,(H,24,25)(H,19,20,22)/t12-;10-/m00/s1. The summed E-state index contributed by atoms with van der Waals surface area (Å²) in [6.45, 7) is 2.27. The third-order valence-corrected chi connectivity index (χ3v) is 12.3. The van der Waals surface area contributed by atoms with Gasteiger partial charge in [0, 0.05) is 45.9 Å². The summed E-state index contributed by atoms with van der Waals surface area (Å²) in [5.74, 6) is 0.403. The minimum atomic E-state index is -0.716. The predicted octanol–water partition coefficient (Wildman–Crippen LogP) is 7.02. The maximum atomic E-state index is 12.2. The summed E-state index contributed by atoms with van der Waals surface area (Å²) in [5, 5.41) is 26.7. The molecule has 0 amide bonds. The molecule has 0 spiro atoms. The molecular formula is C38H34N10O4S2. The number of hydrogen-bond donors (Lipinski definition) is 3. The van der Waals surface area contributed by atoms with E-state index in [1.807, 2.05) is 60.2 Å². The SMILES string of the molecule is CCOC(=O)[C@H]1CCc2c(sc3ncnc(Nc4ccn5nccc5c4)c23)C1.O=C(O)[C@H]1CCc2c(sc3ncnc(Nc4ccn5nccc5c4)c23)C1. The molecule has 0 fully saturated rings. The third-order valence-electron chi connectivity index (χ3n) is 9.98. The van der Waals surface area contributed by atoms with Crippen molar-refractivity contribution in [3.05, 3.63) is 94.7 Å². The van der Waals surface area contributed by atoms with Crippen molar-refractivity contribution in [1.29, 1.82) is 0 Å². The van der Waals surface area contributed by atoms with Crippen molar-refractivity contribution < 1.29 is 19.4 Å². The molecule has 54 heavy (non-hydrogen) atoms. The highest BCUT2D eigenvalue weighted by Gasteiger charge is 2.31. The molecule has 0 unspecified atom stereocenters. The molecule has 16 heteroatoms. The molecule has 2 atom stereocenters. The number of aliphatic carboxylic acids is 1. The fourth-order valence-corrected chi connectivity index (χ4v) is 9.89. The lowest BCUT2D eigenvalue weighted by molar-refractivity contribution is -0.148. The van der Waals surface area contributed by atoms with Crippen LogP contribution >= 0.6 is 22.7 Å². The molecule has 0 aliphatic heterocycles. The Labute approximate surface area is 315 Å². The number of aromatic nitrogens is 8. The van der Waals surface area contributed by atoms with E-state index in [0.717, 1.165) is 85.0 Å². The van der Waals surface area contributed by atoms with Crippen molar-refractivity contribution in [2.45, 2.75) is 45.4 Å². The topological polar surface area (TPSA) is 174 Å². The van der Waals surface area contributed by atoms with E-state index in [-0.39, 0.29) is 17.8 Å². The number of nitrogens with one attached hydrogen (secondary N) is 2. The molecule has 0 bridgehead atoms. The first-order chi connectivity index (χ1) is 26.4. The number of fused-ring (bicyclic) bond motifs is 8. The van der Waals surface area contributed by atoms with Crippen LogP contribution in [0.5, 0.6) is 0 Å². The largest absolute Gasteiger partial charge is 0.481 e. The van der Waals surface area contributed by atoms with Crippen molar-refractivity contribution >= 4 is 89.1 Å². The molecule has 14 nitrogen and oxygen atoms in total. The lowest BCUT2D eigenvalue weighted by Crippen LogP contribution is -2.23. The van der Waals surface area contributed by atoms with Gasteiger partial charge in [0.2, 0.25) is 0 Å². The van der Waals surface area contributed by atoms with Crippen LogP contribution in [0.3, 0.4) is 0 Å². The first kappa shape index (κ1) is 33.8. The summed E-state index contributed by atoms with van der Waals surface area (Å²) >= 11 is 3.24. The number of rotatable bonds is 7. The number of aryl methyl sites for hydroxylation is 2. The summed E-state index contributed by atoms with van der Waals surface area (Å²) in [7, 11) is 0. The Bertz CT molecular complexity index is 2700. The van der Waals surface area contributed by atoms with Gasteiger partial charge in [-0.25, -0.2) is 29.0 Å². The first-order valence-corrected chi connectivity index (χ1v) is 19.4. The van der Waals surface area contributed by atoms with Gasteiger partial charge in [-0.05, 0) is 93.0 Å². The summed E-state index contributed by atoms with van der Waals surface area (Å²) in [6, 6.07) is 11.9. The maximum Gasteiger partial charge on any atom is 0.309 e. The predicted molar refractivity (Wildman–Crippen MR) is 207 cm³/mol. The minimum absolute atomic E-state index is 0.0610. The maximum absolute atomic E-state index is 12.2. The van der Waals surface area contributed by atoms with Gasteiger partial charge in [-0.1, -0.05) is 0 Å². The second-order valence-electron chi connectivity index (χ2n) is 13.3. The number of esters is 1. The van der Waals surface area contributed by atoms with Gasteiger partial charge in [0.1, 0.15) is 34.0 Å². The van der Waals surface area contributed by atoms with Gasteiger partial charge in [-0.15, -0.1) is 22.7 Å². The van der Waals surface area contributed by atoms with Crippen LogP contribution < -0.4 is 10.6 Å². The number of carbonyl (C=O) groups excluding carboxylic acids is 1. The molecule has 8 heterocycles. The number of carboxylic acids is 1. The van der Waals surface area contributed by atoms with Crippen molar-refractivity contribution in [2.24, 2.45) is 11.8 Å². The van der Waals surface area contributed by atoms with Gasteiger partial charge < -0.3 is 20.5 Å². The summed E-state index contributed by atoms with van der Waals surface area (Å²) in [6.07, 6.45) is 14.8. The van der Waals surface area contributed by atoms with Crippen LogP contribution in [0, 0.1) is 11.8 Å². The molecule has 0 saturated heterocycles. The van der Waals surface area contributed by atoms with Gasteiger partial charge in [0.25, 0.3) is 0 Å². The molecule has 2 aliphatic rings. The number of anilines is 4. The minimum Gasteiger partial charge on any atom is -0.481 e. The molecule has 2 aliphatic carbocycles. The zero-order valence-corrected chi connectivity index (χ0v) is 30.7. The van der Waals surface area contributed by atoms with Crippen LogP contribution in [0.25, 0.3) is 31.5 Å². The lowest BCUT2D eigenvalue weighted by atomic mass is 9.88. The van der Waals surface area contributed by atoms with Crippen LogP contribution in [0.15, 0.2) is 73.8 Å². The molecule has 272 valence electrons. The summed E-state index contributed by atoms with van der Waals surface area (Å²) in [5.41, 5.74) is 6.34. The van der Waals surface area contributed by atoms with E-state index in [1.54, 1.807) is 52.2 Å². The fraction of sp³-hybridized carbons (Fsp3) is 0.263. The summed E-state index contributed by atoms with van der Waals surface area (Å²) < 4.78 is 8.85. The van der Waals surface area contributed by atoms with E-state index in [0.29, 0.717) is 19.4 Å². The number of carbonyl (C=O) groups is 2. The van der Waals surface area contributed by atoms with Crippen molar-refractivity contribution in [3.63, 3.8) is 0 Å². The van der Waals surface area contributed by atoms with E-state index in [2.05, 4.69) is 40.8 Å². The van der Waals surface area contributed by atoms with Crippen LogP contribution in [0.2, 0.25) is 0 Å². The van der Waals surface area contributed by atoms with Gasteiger partial charge >= 0.3 is 11.9 Å². The monoisotopic (exact) mass is 758 g/mol. The van der Waals surface area contributed by atoms with E-state index in [1.165, 1.54) is 16.0 Å². The number of carboxylic acid groups (broad SMARTS) is 1. The van der Waals surface area contributed by atoms with Gasteiger partial charge in [-0.2, -0.15) is 10.2 Å². The molecule has 0 saturated carbocycles. The Kier molecular flexibility index (Phi) is 8.83. The normalized spacial score (nSPS) is 16.5. The van der Waals surface area contributed by atoms with Crippen LogP contribution in [0.4, 0.5) is 23.0 Å². The molecule has 0 radical (unpaired) electrons. The number of thiophene rings is 2. The average Bonchev–Trinajstić information content (AvgIpc) is 3.99. The van der Waals surface area contributed by atoms with Gasteiger partial charge in [0.05, 0.1) is 40.2 Å². The van der Waals surface area contributed by atoms with Gasteiger partial charge in [-0.3, -0.25) is 9.59 Å². The second-order valence-corrected chi connectivity index (χ2v) is 15.4. The first-order valence-electron chi connectivity index (χ1n) is 17.7. The second kappa shape index (κ2) is 14.1. The zero-order chi connectivity index (χ0) is 36.8. The van der Waals surface area contributed by atoms with Crippen molar-refractivity contribution in [1.82, 2.24) is 39.2 Å². The molecular weight excluding hydrogens is 725 g/mol. The van der Waals surface area contributed by atoms with Crippen molar-refractivity contribution in [2.75, 3.05) is 17.2 Å². The smallest absolute Gasteiger partial charge is 0.309 e. The highest BCUT2D eigenvalue weighted by Crippen LogP contribution is 2.42. The Balaban J connectivity index is 0.000000143. The molecule has 8 aromatic heterocycles. The highest BCUT2D eigenvalue weighted by molar-refractivity contribution is 7.19. The summed E-state index contributed by atoms with van der Waals surface area (Å²) in [4.78, 5) is 45.5. The van der Waals surface area contributed by atoms with Crippen LogP contribution in [-0.4, -0.2) is 62.8 Å². The van der Waals surface area contributed by atoms with Gasteiger partial charge in [0.15, 0.2) is 0 Å². The number of pyridine rings is 2. The Morgan fingerprint density at radius 3 is 1.81 bits per heavy atom. The number of nitrogens with zero attached hydrogens (tertiary/aromatic N) is 8. The van der Waals surface area contributed by atoms with E-state index in [4.69, 9.17) is 4.74 Å². The third kappa shape index (κ3) is 6.36. The number of ether oxygens (including phenoxy) is 1. The zero-order valence-electron chi connectivity index (χ0n) is 29.1. The van der Waals surface area contributed by atoms with Crippen LogP contribution in [-0.2, 0) is 40.0 Å². The highest BCUT2D eigenvalue weighted by atomic mass is 32.1. The molecule has 8 aromatic rings. The Morgan fingerprint density at radius 2 is 1.30 bits per heavy atom. The molecule has 0 aromatic carbocycles. The number of hydrogen-bond acceptors (Lipinski definition) is 13. The van der Waals surface area contributed by atoms with E-state index in [9.17, 15) is 14.7 Å². The van der Waals surface area contributed by atoms with Crippen molar-refractivity contribution in [3.8, 4) is 0 Å². The quantitative estimate of drug-likeness (QED) is 0.142. The molecule has 3 N–H and O–H groups in total. The van der Waals surface area contributed by atoms with E-state index >= 15 is 0 Å². The molecule has 10 rings (SSSR count).